The van der Waals surface area contributed by atoms with Crippen LogP contribution < -0.4 is 4.74 Å². The fraction of sp³-hybridized carbons (Fsp3) is 0.0833. The van der Waals surface area contributed by atoms with Gasteiger partial charge in [-0.1, -0.05) is 17.7 Å². The zero-order valence-corrected chi connectivity index (χ0v) is 10.0. The number of non-ortho nitro benzene ring substituents is 1. The second kappa shape index (κ2) is 5.46. The first-order chi connectivity index (χ1) is 8.66. The van der Waals surface area contributed by atoms with Gasteiger partial charge in [0.05, 0.1) is 4.92 Å². The fourth-order valence-electron chi connectivity index (χ4n) is 1.35. The molecule has 0 N–H and O–H groups in total. The average Bonchev–Trinajstić information content (AvgIpc) is 2.38. The molecule has 0 fully saturated rings. The lowest BCUT2D eigenvalue weighted by Gasteiger charge is -2.06. The molecule has 0 amide bonds. The molecule has 0 aliphatic carbocycles. The summed E-state index contributed by atoms with van der Waals surface area (Å²) in [5.41, 5.74) is 0.791. The molecule has 1 aromatic heterocycles. The molecule has 2 rings (SSSR count). The van der Waals surface area contributed by atoms with Gasteiger partial charge in [0, 0.05) is 23.9 Å². The number of rotatable bonds is 4. The Kier molecular flexibility index (Phi) is 3.74. The molecule has 1 aromatic carbocycles. The minimum atomic E-state index is -0.457. The summed E-state index contributed by atoms with van der Waals surface area (Å²) in [5, 5.41) is 10.9. The largest absolute Gasteiger partial charge is 0.489 e. The maximum atomic E-state index is 10.5. The van der Waals surface area contributed by atoms with Crippen LogP contribution in [0.15, 0.2) is 42.6 Å². The Hall–Kier alpha value is -2.14. The molecule has 0 unspecified atom stereocenters. The van der Waals surface area contributed by atoms with Crippen molar-refractivity contribution in [1.82, 2.24) is 4.98 Å². The lowest BCUT2D eigenvalue weighted by molar-refractivity contribution is -0.384. The molecule has 0 bridgehead atoms. The van der Waals surface area contributed by atoms with Gasteiger partial charge in [0.2, 0.25) is 0 Å². The molecule has 1 heterocycles. The van der Waals surface area contributed by atoms with E-state index in [1.807, 2.05) is 0 Å². The van der Waals surface area contributed by atoms with E-state index in [0.717, 1.165) is 5.56 Å². The van der Waals surface area contributed by atoms with Crippen molar-refractivity contribution in [3.05, 3.63) is 63.4 Å². The Morgan fingerprint density at radius 3 is 2.61 bits per heavy atom. The summed E-state index contributed by atoms with van der Waals surface area (Å²) in [7, 11) is 0. The second-order valence-electron chi connectivity index (χ2n) is 3.49. The minimum absolute atomic E-state index is 0.0294. The van der Waals surface area contributed by atoms with Gasteiger partial charge in [-0.2, -0.15) is 0 Å². The third-order valence-electron chi connectivity index (χ3n) is 2.28. The van der Waals surface area contributed by atoms with E-state index in [2.05, 4.69) is 4.98 Å². The molecule has 2 aromatic rings. The Morgan fingerprint density at radius 2 is 2.00 bits per heavy atom. The van der Waals surface area contributed by atoms with Crippen LogP contribution in [0.25, 0.3) is 0 Å². The van der Waals surface area contributed by atoms with Crippen LogP contribution in [0.2, 0.25) is 5.15 Å². The molecular weight excluding hydrogens is 256 g/mol. The highest BCUT2D eigenvalue weighted by Crippen LogP contribution is 2.19. The van der Waals surface area contributed by atoms with Crippen molar-refractivity contribution < 1.29 is 9.66 Å². The average molecular weight is 265 g/mol. The SMILES string of the molecule is O=[N+]([O-])c1ccc(OCc2cccnc2Cl)cc1. The topological polar surface area (TPSA) is 65.3 Å². The molecule has 0 saturated heterocycles. The molecule has 5 nitrogen and oxygen atoms in total. The Balaban J connectivity index is 2.02. The number of hydrogen-bond donors (Lipinski definition) is 0. The first kappa shape index (κ1) is 12.3. The first-order valence-corrected chi connectivity index (χ1v) is 5.51. The quantitative estimate of drug-likeness (QED) is 0.483. The summed E-state index contributed by atoms with van der Waals surface area (Å²) < 4.78 is 5.46. The van der Waals surface area contributed by atoms with Crippen molar-refractivity contribution in [2.24, 2.45) is 0 Å². The molecule has 0 aliphatic heterocycles. The van der Waals surface area contributed by atoms with Gasteiger partial charge >= 0.3 is 0 Å². The van der Waals surface area contributed by atoms with Crippen LogP contribution in [-0.4, -0.2) is 9.91 Å². The van der Waals surface area contributed by atoms with Gasteiger partial charge in [0.25, 0.3) is 5.69 Å². The van der Waals surface area contributed by atoms with E-state index in [-0.39, 0.29) is 12.3 Å². The van der Waals surface area contributed by atoms with Gasteiger partial charge in [-0.3, -0.25) is 10.1 Å². The van der Waals surface area contributed by atoms with E-state index in [1.165, 1.54) is 12.1 Å². The van der Waals surface area contributed by atoms with Gasteiger partial charge in [-0.15, -0.1) is 0 Å². The fourth-order valence-corrected chi connectivity index (χ4v) is 1.53. The maximum absolute atomic E-state index is 10.5. The predicted molar refractivity (Wildman–Crippen MR) is 66.7 cm³/mol. The van der Waals surface area contributed by atoms with Crippen molar-refractivity contribution in [3.63, 3.8) is 0 Å². The van der Waals surface area contributed by atoms with Crippen molar-refractivity contribution in [2.75, 3.05) is 0 Å². The molecule has 0 atom stereocenters. The zero-order chi connectivity index (χ0) is 13.0. The van der Waals surface area contributed by atoms with Gasteiger partial charge < -0.3 is 4.74 Å². The highest BCUT2D eigenvalue weighted by atomic mass is 35.5. The Labute approximate surface area is 108 Å². The number of halogens is 1. The van der Waals surface area contributed by atoms with E-state index in [1.54, 1.807) is 30.5 Å². The summed E-state index contributed by atoms with van der Waals surface area (Å²) in [4.78, 5) is 13.9. The molecule has 0 saturated carbocycles. The van der Waals surface area contributed by atoms with E-state index in [9.17, 15) is 10.1 Å². The number of aromatic nitrogens is 1. The van der Waals surface area contributed by atoms with Crippen molar-refractivity contribution in [2.45, 2.75) is 6.61 Å². The van der Waals surface area contributed by atoms with E-state index >= 15 is 0 Å². The minimum Gasteiger partial charge on any atom is -0.489 e. The zero-order valence-electron chi connectivity index (χ0n) is 9.25. The third kappa shape index (κ3) is 2.95. The van der Waals surface area contributed by atoms with Crippen LogP contribution in [-0.2, 0) is 6.61 Å². The molecule has 92 valence electrons. The number of hydrogen-bond acceptors (Lipinski definition) is 4. The number of benzene rings is 1. The maximum Gasteiger partial charge on any atom is 0.269 e. The number of nitro groups is 1. The van der Waals surface area contributed by atoms with Crippen LogP contribution in [0.5, 0.6) is 5.75 Å². The van der Waals surface area contributed by atoms with Crippen LogP contribution in [0.4, 0.5) is 5.69 Å². The van der Waals surface area contributed by atoms with Gasteiger partial charge in [0.1, 0.15) is 17.5 Å². The highest BCUT2D eigenvalue weighted by Gasteiger charge is 2.05. The second-order valence-corrected chi connectivity index (χ2v) is 3.85. The van der Waals surface area contributed by atoms with Crippen LogP contribution in [0.1, 0.15) is 5.56 Å². The molecule has 6 heteroatoms. The number of nitro benzene ring substituents is 1. The van der Waals surface area contributed by atoms with E-state index in [0.29, 0.717) is 10.9 Å². The standard InChI is InChI=1S/C12H9ClN2O3/c13-12-9(2-1-7-14-12)8-18-11-5-3-10(4-6-11)15(16)17/h1-7H,8H2. The summed E-state index contributed by atoms with van der Waals surface area (Å²) in [6, 6.07) is 9.44. The third-order valence-corrected chi connectivity index (χ3v) is 2.62. The summed E-state index contributed by atoms with van der Waals surface area (Å²) in [6.45, 7) is 0.268. The Bertz CT molecular complexity index is 558. The molecular formula is C12H9ClN2O3. The number of nitrogens with zero attached hydrogens (tertiary/aromatic N) is 2. The number of ether oxygens (including phenoxy) is 1. The van der Waals surface area contributed by atoms with Crippen molar-refractivity contribution in [3.8, 4) is 5.75 Å². The number of pyridine rings is 1. The molecule has 18 heavy (non-hydrogen) atoms. The van der Waals surface area contributed by atoms with Crippen LogP contribution in [0.3, 0.4) is 0 Å². The van der Waals surface area contributed by atoms with Gasteiger partial charge in [0.15, 0.2) is 0 Å². The van der Waals surface area contributed by atoms with Crippen molar-refractivity contribution >= 4 is 17.3 Å². The van der Waals surface area contributed by atoms with E-state index < -0.39 is 4.92 Å². The van der Waals surface area contributed by atoms with Crippen LogP contribution in [0, 0.1) is 10.1 Å². The van der Waals surface area contributed by atoms with Crippen molar-refractivity contribution in [1.29, 1.82) is 0 Å². The smallest absolute Gasteiger partial charge is 0.269 e. The summed E-state index contributed by atoms with van der Waals surface area (Å²) in [6.07, 6.45) is 1.59. The molecule has 0 spiro atoms. The van der Waals surface area contributed by atoms with Crippen LogP contribution >= 0.6 is 11.6 Å². The molecule has 0 aliphatic rings. The predicted octanol–water partition coefficient (Wildman–Crippen LogP) is 3.22. The normalized spacial score (nSPS) is 10.1. The Morgan fingerprint density at radius 1 is 1.28 bits per heavy atom. The van der Waals surface area contributed by atoms with Gasteiger partial charge in [-0.05, 0) is 18.2 Å². The molecule has 0 radical (unpaired) electrons. The van der Waals surface area contributed by atoms with E-state index in [4.69, 9.17) is 16.3 Å². The summed E-state index contributed by atoms with van der Waals surface area (Å²) >= 11 is 5.88. The summed E-state index contributed by atoms with van der Waals surface area (Å²) in [5.74, 6) is 0.542. The lowest BCUT2D eigenvalue weighted by Crippen LogP contribution is -1.97. The monoisotopic (exact) mass is 264 g/mol. The first-order valence-electron chi connectivity index (χ1n) is 5.13. The lowest BCUT2D eigenvalue weighted by atomic mass is 10.3. The highest BCUT2D eigenvalue weighted by molar-refractivity contribution is 6.30. The van der Waals surface area contributed by atoms with Gasteiger partial charge in [-0.25, -0.2) is 4.98 Å².